The Bertz CT molecular complexity index is 609. The molecule has 4 nitrogen and oxygen atoms in total. The standard InChI is InChI=1S/C16H21N3O/c1-10(2)12-6-7-13(15(8-12)20-5)14-9-16(17-4)19-11(3)18-14/h6-10H,1-5H3,(H,17,18,19). The Morgan fingerprint density at radius 3 is 2.50 bits per heavy atom. The molecule has 20 heavy (non-hydrogen) atoms. The van der Waals surface area contributed by atoms with Gasteiger partial charge >= 0.3 is 0 Å². The van der Waals surface area contributed by atoms with Gasteiger partial charge in [0.1, 0.15) is 17.4 Å². The van der Waals surface area contributed by atoms with Gasteiger partial charge in [0.05, 0.1) is 12.8 Å². The van der Waals surface area contributed by atoms with Crippen LogP contribution in [-0.2, 0) is 0 Å². The molecule has 0 aliphatic rings. The third-order valence-electron chi connectivity index (χ3n) is 3.26. The summed E-state index contributed by atoms with van der Waals surface area (Å²) in [6.07, 6.45) is 0. The largest absolute Gasteiger partial charge is 0.496 e. The number of hydrogen-bond donors (Lipinski definition) is 1. The molecule has 0 radical (unpaired) electrons. The van der Waals surface area contributed by atoms with Gasteiger partial charge in [-0.3, -0.25) is 0 Å². The first-order valence-electron chi connectivity index (χ1n) is 6.77. The van der Waals surface area contributed by atoms with Gasteiger partial charge in [-0.15, -0.1) is 0 Å². The number of methoxy groups -OCH3 is 1. The van der Waals surface area contributed by atoms with Crippen LogP contribution in [0, 0.1) is 6.92 Å². The van der Waals surface area contributed by atoms with Crippen LogP contribution in [0.3, 0.4) is 0 Å². The van der Waals surface area contributed by atoms with E-state index >= 15 is 0 Å². The maximum atomic E-state index is 5.52. The number of anilines is 1. The van der Waals surface area contributed by atoms with E-state index in [1.165, 1.54) is 5.56 Å². The minimum Gasteiger partial charge on any atom is -0.496 e. The summed E-state index contributed by atoms with van der Waals surface area (Å²) in [4.78, 5) is 8.82. The van der Waals surface area contributed by atoms with Crippen molar-refractivity contribution in [3.05, 3.63) is 35.7 Å². The van der Waals surface area contributed by atoms with Gasteiger partial charge in [-0.2, -0.15) is 0 Å². The molecule has 1 N–H and O–H groups in total. The minimum absolute atomic E-state index is 0.470. The topological polar surface area (TPSA) is 47.0 Å². The SMILES string of the molecule is CNc1cc(-c2ccc(C(C)C)cc2OC)nc(C)n1. The summed E-state index contributed by atoms with van der Waals surface area (Å²) in [5, 5.41) is 3.05. The van der Waals surface area contributed by atoms with E-state index < -0.39 is 0 Å². The molecular formula is C16H21N3O. The molecule has 1 heterocycles. The molecule has 0 spiro atoms. The van der Waals surface area contributed by atoms with Gasteiger partial charge in [0.2, 0.25) is 0 Å². The summed E-state index contributed by atoms with van der Waals surface area (Å²) in [7, 11) is 3.54. The highest BCUT2D eigenvalue weighted by Gasteiger charge is 2.11. The van der Waals surface area contributed by atoms with E-state index in [-0.39, 0.29) is 0 Å². The number of benzene rings is 1. The molecule has 0 aliphatic carbocycles. The number of ether oxygens (including phenoxy) is 1. The Balaban J connectivity index is 2.54. The first-order valence-corrected chi connectivity index (χ1v) is 6.77. The second kappa shape index (κ2) is 5.90. The lowest BCUT2D eigenvalue weighted by atomic mass is 9.99. The lowest BCUT2D eigenvalue weighted by Crippen LogP contribution is -2.00. The van der Waals surface area contributed by atoms with Crippen LogP contribution in [0.15, 0.2) is 24.3 Å². The van der Waals surface area contributed by atoms with Gasteiger partial charge in [0, 0.05) is 18.7 Å². The Kier molecular flexibility index (Phi) is 4.23. The monoisotopic (exact) mass is 271 g/mol. The minimum atomic E-state index is 0.470. The number of nitrogens with zero attached hydrogens (tertiary/aromatic N) is 2. The highest BCUT2D eigenvalue weighted by Crippen LogP contribution is 2.32. The molecule has 0 amide bonds. The van der Waals surface area contributed by atoms with Crippen molar-refractivity contribution in [1.82, 2.24) is 9.97 Å². The molecule has 0 saturated heterocycles. The van der Waals surface area contributed by atoms with Crippen LogP contribution >= 0.6 is 0 Å². The predicted molar refractivity (Wildman–Crippen MR) is 82.4 cm³/mol. The van der Waals surface area contributed by atoms with Crippen LogP contribution in [0.2, 0.25) is 0 Å². The van der Waals surface area contributed by atoms with E-state index in [9.17, 15) is 0 Å². The fraction of sp³-hybridized carbons (Fsp3) is 0.375. The zero-order valence-electron chi connectivity index (χ0n) is 12.7. The van der Waals surface area contributed by atoms with Gasteiger partial charge in [-0.05, 0) is 30.5 Å². The molecule has 0 aliphatic heterocycles. The van der Waals surface area contributed by atoms with Crippen LogP contribution in [0.1, 0.15) is 31.2 Å². The normalized spacial score (nSPS) is 10.7. The summed E-state index contributed by atoms with van der Waals surface area (Å²) in [5.41, 5.74) is 3.11. The van der Waals surface area contributed by atoms with Crippen molar-refractivity contribution in [2.45, 2.75) is 26.7 Å². The molecule has 0 bridgehead atoms. The molecular weight excluding hydrogens is 250 g/mol. The smallest absolute Gasteiger partial charge is 0.130 e. The summed E-state index contributed by atoms with van der Waals surface area (Å²) >= 11 is 0. The van der Waals surface area contributed by atoms with E-state index in [0.717, 1.165) is 28.6 Å². The Labute approximate surface area is 120 Å². The van der Waals surface area contributed by atoms with Crippen molar-refractivity contribution >= 4 is 5.82 Å². The number of aryl methyl sites for hydroxylation is 1. The molecule has 0 saturated carbocycles. The lowest BCUT2D eigenvalue weighted by Gasteiger charge is -2.13. The van der Waals surface area contributed by atoms with Gasteiger partial charge in [0.15, 0.2) is 0 Å². The first-order chi connectivity index (χ1) is 9.55. The number of hydrogen-bond acceptors (Lipinski definition) is 4. The van der Waals surface area contributed by atoms with Gasteiger partial charge < -0.3 is 10.1 Å². The van der Waals surface area contributed by atoms with Crippen molar-refractivity contribution < 1.29 is 4.74 Å². The van der Waals surface area contributed by atoms with E-state index in [0.29, 0.717) is 5.92 Å². The van der Waals surface area contributed by atoms with Crippen molar-refractivity contribution in [3.8, 4) is 17.0 Å². The zero-order chi connectivity index (χ0) is 14.7. The van der Waals surface area contributed by atoms with Crippen molar-refractivity contribution in [2.75, 3.05) is 19.5 Å². The van der Waals surface area contributed by atoms with Crippen LogP contribution in [0.4, 0.5) is 5.82 Å². The van der Waals surface area contributed by atoms with Crippen molar-refractivity contribution in [3.63, 3.8) is 0 Å². The average Bonchev–Trinajstić information content (AvgIpc) is 2.45. The number of rotatable bonds is 4. The first kappa shape index (κ1) is 14.3. The Morgan fingerprint density at radius 2 is 1.90 bits per heavy atom. The fourth-order valence-corrected chi connectivity index (χ4v) is 2.11. The summed E-state index contributed by atoms with van der Waals surface area (Å²) in [6, 6.07) is 8.20. The molecule has 4 heteroatoms. The van der Waals surface area contributed by atoms with E-state index in [2.05, 4.69) is 47.3 Å². The van der Waals surface area contributed by atoms with E-state index in [4.69, 9.17) is 4.74 Å². The second-order valence-electron chi connectivity index (χ2n) is 5.05. The van der Waals surface area contributed by atoms with Gasteiger partial charge in [0.25, 0.3) is 0 Å². The molecule has 0 unspecified atom stereocenters. The summed E-state index contributed by atoms with van der Waals surface area (Å²) in [5.74, 6) is 2.86. The zero-order valence-corrected chi connectivity index (χ0v) is 12.7. The molecule has 1 aromatic heterocycles. The number of aromatic nitrogens is 2. The quantitative estimate of drug-likeness (QED) is 0.922. The molecule has 0 fully saturated rings. The second-order valence-corrected chi connectivity index (χ2v) is 5.05. The Morgan fingerprint density at radius 1 is 1.15 bits per heavy atom. The third-order valence-corrected chi connectivity index (χ3v) is 3.26. The van der Waals surface area contributed by atoms with Gasteiger partial charge in [-0.25, -0.2) is 9.97 Å². The molecule has 0 atom stereocenters. The summed E-state index contributed by atoms with van der Waals surface area (Å²) < 4.78 is 5.52. The Hall–Kier alpha value is -2.10. The average molecular weight is 271 g/mol. The lowest BCUT2D eigenvalue weighted by molar-refractivity contribution is 0.415. The van der Waals surface area contributed by atoms with Crippen LogP contribution in [0.5, 0.6) is 5.75 Å². The number of nitrogens with one attached hydrogen (secondary N) is 1. The third kappa shape index (κ3) is 2.90. The van der Waals surface area contributed by atoms with Gasteiger partial charge in [-0.1, -0.05) is 19.9 Å². The van der Waals surface area contributed by atoms with E-state index in [1.807, 2.05) is 20.0 Å². The molecule has 2 rings (SSSR count). The van der Waals surface area contributed by atoms with E-state index in [1.54, 1.807) is 7.11 Å². The predicted octanol–water partition coefficient (Wildman–Crippen LogP) is 3.63. The molecule has 1 aromatic carbocycles. The maximum Gasteiger partial charge on any atom is 0.130 e. The molecule has 106 valence electrons. The maximum absolute atomic E-state index is 5.52. The fourth-order valence-electron chi connectivity index (χ4n) is 2.11. The van der Waals surface area contributed by atoms with Crippen molar-refractivity contribution in [1.29, 1.82) is 0 Å². The van der Waals surface area contributed by atoms with Crippen LogP contribution in [-0.4, -0.2) is 24.1 Å². The molecule has 2 aromatic rings. The summed E-state index contributed by atoms with van der Waals surface area (Å²) in [6.45, 7) is 6.23. The van der Waals surface area contributed by atoms with Crippen LogP contribution in [0.25, 0.3) is 11.3 Å². The van der Waals surface area contributed by atoms with Crippen LogP contribution < -0.4 is 10.1 Å². The highest BCUT2D eigenvalue weighted by molar-refractivity contribution is 5.70. The van der Waals surface area contributed by atoms with Crippen molar-refractivity contribution in [2.24, 2.45) is 0 Å². The highest BCUT2D eigenvalue weighted by atomic mass is 16.5.